The first kappa shape index (κ1) is 25.8. The van der Waals surface area contributed by atoms with E-state index in [0.29, 0.717) is 0 Å². The molecule has 0 amide bonds. The third-order valence-corrected chi connectivity index (χ3v) is 0. The van der Waals surface area contributed by atoms with Crippen molar-refractivity contribution in [1.82, 2.24) is 0 Å². The Labute approximate surface area is 67.8 Å². The van der Waals surface area contributed by atoms with Crippen molar-refractivity contribution in [2.24, 2.45) is 0 Å². The van der Waals surface area contributed by atoms with Crippen LogP contribution in [0.25, 0.3) is 0 Å². The summed E-state index contributed by atoms with van der Waals surface area (Å²) in [6.07, 6.45) is 0. The van der Waals surface area contributed by atoms with Gasteiger partial charge in [0.05, 0.1) is 5.09 Å². The maximum absolute atomic E-state index is 8.25. The van der Waals surface area contributed by atoms with Crippen molar-refractivity contribution in [3.05, 3.63) is 15.3 Å². The molecule has 0 fully saturated rings. The van der Waals surface area contributed by atoms with Crippen molar-refractivity contribution in [2.45, 2.75) is 0 Å². The normalized spacial score (nSPS) is 3.43. The fourth-order valence-corrected chi connectivity index (χ4v) is 0. The van der Waals surface area contributed by atoms with Gasteiger partial charge in [0.1, 0.15) is 0 Å². The fraction of sp³-hybridized carbons (Fsp3) is 0. The fourth-order valence-electron chi connectivity index (χ4n) is 0. The van der Waals surface area contributed by atoms with E-state index in [1.165, 1.54) is 0 Å². The molecule has 7 heteroatoms. The summed E-state index contributed by atoms with van der Waals surface area (Å²) in [4.78, 5) is 8.25. The molecule has 0 aromatic carbocycles. The molecule has 0 aliphatic rings. The summed E-state index contributed by atoms with van der Waals surface area (Å²) in [6.45, 7) is 0. The molecule has 42 valence electrons. The van der Waals surface area contributed by atoms with Crippen LogP contribution < -0.4 is 0 Å². The van der Waals surface area contributed by atoms with Gasteiger partial charge in [-0.2, -0.15) is 0 Å². The van der Waals surface area contributed by atoms with Crippen LogP contribution in [0.2, 0.25) is 0 Å². The Morgan fingerprint density at radius 2 is 1.29 bits per heavy atom. The van der Waals surface area contributed by atoms with Gasteiger partial charge in [-0.25, -0.2) is 0 Å². The second kappa shape index (κ2) is 16.0. The Morgan fingerprint density at radius 1 is 1.29 bits per heavy atom. The van der Waals surface area contributed by atoms with E-state index in [4.69, 9.17) is 15.3 Å². The Balaban J connectivity index is -0.0000000150. The molecule has 0 bridgehead atoms. The van der Waals surface area contributed by atoms with Crippen LogP contribution in [-0.2, 0) is 47.3 Å². The third-order valence-electron chi connectivity index (χ3n) is 0. The number of hydrogen-bond acceptors (Lipinski definition) is 3. The number of nitrogens with zero attached hydrogens (tertiary/aromatic N) is 1. The smallest absolute Gasteiger partial charge is 2.00 e. The van der Waals surface area contributed by atoms with Crippen molar-refractivity contribution in [3.63, 3.8) is 0 Å². The van der Waals surface area contributed by atoms with Gasteiger partial charge in [-0.05, 0) is 0 Å². The number of rotatable bonds is 0. The molecule has 0 spiro atoms. The molecule has 0 aliphatic heterocycles. The average Bonchev–Trinajstić information content (AvgIpc) is 0.811. The average molecular weight is 251 g/mol. The summed E-state index contributed by atoms with van der Waals surface area (Å²) in [5.74, 6) is 0. The summed E-state index contributed by atoms with van der Waals surface area (Å²) in [6, 6.07) is 0. The summed E-state index contributed by atoms with van der Waals surface area (Å²) in [7, 11) is 0. The molecule has 0 aliphatic carbocycles. The minimum atomic E-state index is -1.75. The minimum absolute atomic E-state index is 0. The molecule has 0 unspecified atom stereocenters. The van der Waals surface area contributed by atoms with Gasteiger partial charge in [-0.1, -0.05) is 0 Å². The summed E-state index contributed by atoms with van der Waals surface area (Å²) in [5.41, 5.74) is 0. The number of hydrogen-bond donors (Lipinski definition) is 0. The molecule has 0 rings (SSSR count). The Kier molecular flexibility index (Phi) is 59.1. The van der Waals surface area contributed by atoms with Crippen LogP contribution in [0.4, 0.5) is 0 Å². The van der Waals surface area contributed by atoms with Gasteiger partial charge in [-0.15, -0.1) is 0 Å². The van der Waals surface area contributed by atoms with Gasteiger partial charge in [0, 0.05) is 0 Å². The van der Waals surface area contributed by atoms with E-state index in [-0.39, 0.29) is 47.3 Å². The van der Waals surface area contributed by atoms with E-state index in [1.807, 2.05) is 0 Å². The molecule has 0 N–H and O–H groups in total. The molecular weight excluding hydrogens is 251 g/mol. The van der Waals surface area contributed by atoms with E-state index in [2.05, 4.69) is 0 Å². The van der Waals surface area contributed by atoms with Crippen LogP contribution >= 0.6 is 0 Å². The van der Waals surface area contributed by atoms with Crippen molar-refractivity contribution < 1.29 is 52.4 Å². The summed E-state index contributed by atoms with van der Waals surface area (Å²) >= 11 is 0. The molecular formula is AgNO4Zn. The van der Waals surface area contributed by atoms with Gasteiger partial charge < -0.3 is 20.8 Å². The van der Waals surface area contributed by atoms with Crippen molar-refractivity contribution in [2.75, 3.05) is 0 Å². The van der Waals surface area contributed by atoms with Gasteiger partial charge in [0.2, 0.25) is 0 Å². The van der Waals surface area contributed by atoms with E-state index >= 15 is 0 Å². The molecule has 0 heterocycles. The molecule has 0 saturated carbocycles. The molecule has 0 aromatic heterocycles. The SMILES string of the molecule is O=[N+]([O-])[O-].[Ag+].[O-2].[Zn+2]. The zero-order valence-electron chi connectivity index (χ0n) is 3.09. The van der Waals surface area contributed by atoms with Gasteiger partial charge >= 0.3 is 41.9 Å². The third kappa shape index (κ3) is 487. The zero-order valence-corrected chi connectivity index (χ0v) is 7.54. The van der Waals surface area contributed by atoms with Gasteiger partial charge in [0.25, 0.3) is 0 Å². The first-order valence-corrected chi connectivity index (χ1v) is 0.548. The summed E-state index contributed by atoms with van der Waals surface area (Å²) < 4.78 is 0. The molecule has 0 radical (unpaired) electrons. The molecule has 0 saturated heterocycles. The predicted octanol–water partition coefficient (Wildman–Crippen LogP) is -0.363. The van der Waals surface area contributed by atoms with E-state index in [1.54, 1.807) is 0 Å². The van der Waals surface area contributed by atoms with Crippen LogP contribution in [0.3, 0.4) is 0 Å². The predicted molar refractivity (Wildman–Crippen MR) is 11.0 cm³/mol. The van der Waals surface area contributed by atoms with E-state index < -0.39 is 5.09 Å². The minimum Gasteiger partial charge on any atom is -2.00 e. The van der Waals surface area contributed by atoms with Crippen LogP contribution in [0.15, 0.2) is 0 Å². The van der Waals surface area contributed by atoms with Crippen molar-refractivity contribution >= 4 is 0 Å². The van der Waals surface area contributed by atoms with E-state index in [0.717, 1.165) is 0 Å². The Hall–Kier alpha value is 0.524. The largest absolute Gasteiger partial charge is 2.00 e. The van der Waals surface area contributed by atoms with Gasteiger partial charge in [0.15, 0.2) is 0 Å². The molecule has 7 heavy (non-hydrogen) atoms. The maximum atomic E-state index is 8.25. The quantitative estimate of drug-likeness (QED) is 0.334. The first-order valence-electron chi connectivity index (χ1n) is 0.548. The van der Waals surface area contributed by atoms with Gasteiger partial charge in [-0.3, -0.25) is 0 Å². The second-order valence-electron chi connectivity index (χ2n) is 0.224. The first-order chi connectivity index (χ1) is 1.73. The summed E-state index contributed by atoms with van der Waals surface area (Å²) in [5, 5.41) is 14.8. The standard InChI is InChI=1S/Ag.NO3.O.Zn/c;2-1(3)4;;/q+1;-1;-2;+2. The Morgan fingerprint density at radius 3 is 1.29 bits per heavy atom. The molecule has 0 aromatic rings. The topological polar surface area (TPSA) is 94.7 Å². The monoisotopic (exact) mass is 249 g/mol. The maximum Gasteiger partial charge on any atom is 2.00 e. The molecule has 5 nitrogen and oxygen atoms in total. The molecule has 0 atom stereocenters. The zero-order chi connectivity index (χ0) is 3.58. The van der Waals surface area contributed by atoms with E-state index in [9.17, 15) is 0 Å². The van der Waals surface area contributed by atoms with Crippen LogP contribution in [0, 0.1) is 15.3 Å². The van der Waals surface area contributed by atoms with Crippen molar-refractivity contribution in [1.29, 1.82) is 0 Å². The van der Waals surface area contributed by atoms with Crippen molar-refractivity contribution in [3.8, 4) is 0 Å². The second-order valence-corrected chi connectivity index (χ2v) is 0.224. The van der Waals surface area contributed by atoms with Crippen LogP contribution in [0.1, 0.15) is 0 Å². The van der Waals surface area contributed by atoms with Crippen LogP contribution in [-0.4, -0.2) is 5.09 Å². The Bertz CT molecular complexity index is 34.7. The van der Waals surface area contributed by atoms with Crippen LogP contribution in [0.5, 0.6) is 0 Å².